The van der Waals surface area contributed by atoms with Crippen LogP contribution in [0.5, 0.6) is 5.75 Å². The lowest BCUT2D eigenvalue weighted by Gasteiger charge is -2.09. The molecule has 1 aromatic carbocycles. The molecule has 0 radical (unpaired) electrons. The largest absolute Gasteiger partial charge is 0.494 e. The minimum Gasteiger partial charge on any atom is -0.494 e. The van der Waals surface area contributed by atoms with Crippen LogP contribution in [0, 0.1) is 0 Å². The van der Waals surface area contributed by atoms with E-state index in [1.165, 1.54) is 0 Å². The Morgan fingerprint density at radius 2 is 1.90 bits per heavy atom. The Morgan fingerprint density at radius 3 is 2.57 bits per heavy atom. The van der Waals surface area contributed by atoms with Crippen LogP contribution in [0.15, 0.2) is 24.3 Å². The van der Waals surface area contributed by atoms with Crippen LogP contribution in [0.1, 0.15) is 26.2 Å². The number of rotatable bonds is 11. The van der Waals surface area contributed by atoms with Gasteiger partial charge in [-0.05, 0) is 37.1 Å². The Hall–Kier alpha value is -1.75. The number of methoxy groups -OCH3 is 1. The van der Waals surface area contributed by atoms with Crippen molar-refractivity contribution in [2.24, 2.45) is 0 Å². The van der Waals surface area contributed by atoms with Crippen molar-refractivity contribution >= 4 is 11.6 Å². The molecule has 0 saturated carbocycles. The Balaban J connectivity index is 2.21. The van der Waals surface area contributed by atoms with Crippen LogP contribution in [-0.2, 0) is 9.53 Å². The maximum atomic E-state index is 11.6. The van der Waals surface area contributed by atoms with Crippen LogP contribution in [-0.4, -0.2) is 39.3 Å². The fraction of sp³-hybridized carbons (Fsp3) is 0.562. The van der Waals surface area contributed by atoms with Gasteiger partial charge in [-0.25, -0.2) is 0 Å². The second kappa shape index (κ2) is 11.0. The third-order valence-corrected chi connectivity index (χ3v) is 2.92. The number of carbonyl (C=O) groups is 1. The molecular formula is C16H26N2O3. The average molecular weight is 294 g/mol. The van der Waals surface area contributed by atoms with Crippen molar-refractivity contribution in [3.05, 3.63) is 24.3 Å². The highest BCUT2D eigenvalue weighted by Gasteiger charge is 2.01. The van der Waals surface area contributed by atoms with Gasteiger partial charge in [-0.3, -0.25) is 4.79 Å². The fourth-order valence-corrected chi connectivity index (χ4v) is 1.69. The first-order valence-corrected chi connectivity index (χ1v) is 7.48. The van der Waals surface area contributed by atoms with Gasteiger partial charge in [0.15, 0.2) is 0 Å². The lowest BCUT2D eigenvalue weighted by atomic mass is 10.3. The van der Waals surface area contributed by atoms with Crippen molar-refractivity contribution in [3.8, 4) is 5.75 Å². The summed E-state index contributed by atoms with van der Waals surface area (Å²) < 4.78 is 10.5. The van der Waals surface area contributed by atoms with Gasteiger partial charge in [0.25, 0.3) is 0 Å². The lowest BCUT2D eigenvalue weighted by molar-refractivity contribution is -0.119. The topological polar surface area (TPSA) is 59.6 Å². The van der Waals surface area contributed by atoms with Gasteiger partial charge in [0.1, 0.15) is 5.75 Å². The number of anilines is 1. The maximum absolute atomic E-state index is 11.6. The molecule has 2 N–H and O–H groups in total. The number of carbonyl (C=O) groups excluding carboxylic acids is 1. The number of benzene rings is 1. The third-order valence-electron chi connectivity index (χ3n) is 2.92. The van der Waals surface area contributed by atoms with Gasteiger partial charge in [0.05, 0.1) is 13.2 Å². The summed E-state index contributed by atoms with van der Waals surface area (Å²) in [6.45, 7) is 4.44. The Morgan fingerprint density at radius 1 is 1.14 bits per heavy atom. The second-order valence-electron chi connectivity index (χ2n) is 4.78. The average Bonchev–Trinajstić information content (AvgIpc) is 2.51. The first-order chi connectivity index (χ1) is 10.3. The van der Waals surface area contributed by atoms with Crippen LogP contribution >= 0.6 is 0 Å². The van der Waals surface area contributed by atoms with Crippen molar-refractivity contribution in [2.45, 2.75) is 26.2 Å². The monoisotopic (exact) mass is 294 g/mol. The number of ether oxygens (including phenoxy) is 2. The number of nitrogens with one attached hydrogen (secondary N) is 2. The molecule has 0 saturated heterocycles. The molecular weight excluding hydrogens is 268 g/mol. The van der Waals surface area contributed by atoms with E-state index in [0.717, 1.165) is 37.3 Å². The fourth-order valence-electron chi connectivity index (χ4n) is 1.69. The van der Waals surface area contributed by atoms with E-state index in [-0.39, 0.29) is 12.5 Å². The quantitative estimate of drug-likeness (QED) is 0.615. The van der Waals surface area contributed by atoms with E-state index in [1.807, 2.05) is 24.3 Å². The second-order valence-corrected chi connectivity index (χ2v) is 4.78. The Bertz CT molecular complexity index is 393. The Labute approximate surface area is 127 Å². The van der Waals surface area contributed by atoms with E-state index >= 15 is 0 Å². The van der Waals surface area contributed by atoms with Crippen LogP contribution in [0.25, 0.3) is 0 Å². The number of hydrogen-bond donors (Lipinski definition) is 2. The highest BCUT2D eigenvalue weighted by Crippen LogP contribution is 2.15. The predicted molar refractivity (Wildman–Crippen MR) is 84.8 cm³/mol. The molecule has 0 aliphatic heterocycles. The van der Waals surface area contributed by atoms with Crippen molar-refractivity contribution in [1.82, 2.24) is 5.32 Å². The molecule has 0 atom stereocenters. The van der Waals surface area contributed by atoms with Gasteiger partial charge in [-0.15, -0.1) is 0 Å². The van der Waals surface area contributed by atoms with Gasteiger partial charge < -0.3 is 20.1 Å². The van der Waals surface area contributed by atoms with Crippen LogP contribution in [0.3, 0.4) is 0 Å². The summed E-state index contributed by atoms with van der Waals surface area (Å²) in [6.07, 6.45) is 3.01. The highest BCUT2D eigenvalue weighted by molar-refractivity contribution is 5.80. The first-order valence-electron chi connectivity index (χ1n) is 7.48. The minimum absolute atomic E-state index is 0.0191. The minimum atomic E-state index is -0.0191. The standard InChI is InChI=1S/C16H26N2O3/c1-3-4-12-21-15-8-6-14(7-9-15)18-13-16(19)17-10-5-11-20-2/h6-9,18H,3-5,10-13H2,1-2H3,(H,17,19). The van der Waals surface area contributed by atoms with Gasteiger partial charge in [0.2, 0.25) is 5.91 Å². The molecule has 118 valence electrons. The molecule has 0 spiro atoms. The van der Waals surface area contributed by atoms with E-state index in [4.69, 9.17) is 9.47 Å². The van der Waals surface area contributed by atoms with Crippen molar-refractivity contribution in [3.63, 3.8) is 0 Å². The summed E-state index contributed by atoms with van der Waals surface area (Å²) in [5.41, 5.74) is 0.907. The van der Waals surface area contributed by atoms with Crippen LogP contribution in [0.4, 0.5) is 5.69 Å². The molecule has 21 heavy (non-hydrogen) atoms. The number of unbranched alkanes of at least 4 members (excludes halogenated alkanes) is 1. The molecule has 1 rings (SSSR count). The molecule has 0 heterocycles. The summed E-state index contributed by atoms with van der Waals surface area (Å²) in [6, 6.07) is 7.65. The molecule has 0 bridgehead atoms. The van der Waals surface area contributed by atoms with Crippen LogP contribution < -0.4 is 15.4 Å². The zero-order chi connectivity index (χ0) is 15.3. The van der Waals surface area contributed by atoms with Gasteiger partial charge >= 0.3 is 0 Å². The predicted octanol–water partition coefficient (Wildman–Crippen LogP) is 2.43. The summed E-state index contributed by atoms with van der Waals surface area (Å²) in [5.74, 6) is 0.840. The summed E-state index contributed by atoms with van der Waals surface area (Å²) >= 11 is 0. The van der Waals surface area contributed by atoms with Crippen molar-refractivity contribution in [2.75, 3.05) is 38.7 Å². The van der Waals surface area contributed by atoms with Crippen LogP contribution in [0.2, 0.25) is 0 Å². The zero-order valence-electron chi connectivity index (χ0n) is 13.0. The summed E-state index contributed by atoms with van der Waals surface area (Å²) in [7, 11) is 1.65. The number of amides is 1. The van der Waals surface area contributed by atoms with E-state index in [1.54, 1.807) is 7.11 Å². The van der Waals surface area contributed by atoms with E-state index in [0.29, 0.717) is 13.2 Å². The molecule has 0 aliphatic carbocycles. The molecule has 1 amide bonds. The normalized spacial score (nSPS) is 10.2. The zero-order valence-corrected chi connectivity index (χ0v) is 13.0. The highest BCUT2D eigenvalue weighted by atomic mass is 16.5. The van der Waals surface area contributed by atoms with Gasteiger partial charge in [-0.2, -0.15) is 0 Å². The van der Waals surface area contributed by atoms with Gasteiger partial charge in [-0.1, -0.05) is 13.3 Å². The Kier molecular flexibility index (Phi) is 9.04. The third kappa shape index (κ3) is 8.19. The maximum Gasteiger partial charge on any atom is 0.239 e. The molecule has 0 unspecified atom stereocenters. The smallest absolute Gasteiger partial charge is 0.239 e. The van der Waals surface area contributed by atoms with E-state index < -0.39 is 0 Å². The summed E-state index contributed by atoms with van der Waals surface area (Å²) in [4.78, 5) is 11.6. The number of hydrogen-bond acceptors (Lipinski definition) is 4. The van der Waals surface area contributed by atoms with Crippen molar-refractivity contribution < 1.29 is 14.3 Å². The molecule has 0 aromatic heterocycles. The molecule has 1 aromatic rings. The van der Waals surface area contributed by atoms with E-state index in [9.17, 15) is 4.79 Å². The SMILES string of the molecule is CCCCOc1ccc(NCC(=O)NCCCOC)cc1. The van der Waals surface area contributed by atoms with Gasteiger partial charge in [0, 0.05) is 25.9 Å². The van der Waals surface area contributed by atoms with E-state index in [2.05, 4.69) is 17.6 Å². The first kappa shape index (κ1) is 17.3. The molecule has 0 aliphatic rings. The molecule has 5 nitrogen and oxygen atoms in total. The molecule has 5 heteroatoms. The lowest BCUT2D eigenvalue weighted by Crippen LogP contribution is -2.31. The summed E-state index contributed by atoms with van der Waals surface area (Å²) in [5, 5.41) is 5.91. The van der Waals surface area contributed by atoms with Crippen molar-refractivity contribution in [1.29, 1.82) is 0 Å². The molecule has 0 fully saturated rings.